The van der Waals surface area contributed by atoms with Crippen molar-refractivity contribution < 1.29 is 4.52 Å². The van der Waals surface area contributed by atoms with E-state index in [-0.39, 0.29) is 6.04 Å². The highest BCUT2D eigenvalue weighted by atomic mass is 16.5. The Hall–Kier alpha value is -1.91. The molecule has 1 atom stereocenters. The molecule has 20 heavy (non-hydrogen) atoms. The second-order valence-electron chi connectivity index (χ2n) is 5.20. The number of aryl methyl sites for hydroxylation is 4. The first-order chi connectivity index (χ1) is 9.49. The number of nitrogens with one attached hydrogen (secondary N) is 1. The molecule has 0 aliphatic rings. The minimum atomic E-state index is 0.255. The van der Waals surface area contributed by atoms with Crippen LogP contribution in [-0.4, -0.2) is 21.2 Å². The molecule has 0 aromatic carbocycles. The van der Waals surface area contributed by atoms with Crippen molar-refractivity contribution in [1.82, 2.24) is 15.1 Å². The molecule has 1 unspecified atom stereocenters. The first kappa shape index (κ1) is 14.5. The molecule has 108 valence electrons. The number of rotatable bonds is 5. The van der Waals surface area contributed by atoms with Gasteiger partial charge in [-0.2, -0.15) is 0 Å². The molecule has 0 amide bonds. The van der Waals surface area contributed by atoms with Crippen molar-refractivity contribution in [2.24, 2.45) is 0 Å². The predicted molar refractivity (Wildman–Crippen MR) is 78.9 cm³/mol. The summed E-state index contributed by atoms with van der Waals surface area (Å²) in [5.74, 6) is 2.58. The first-order valence-corrected chi connectivity index (χ1v) is 7.02. The van der Waals surface area contributed by atoms with E-state index in [0.29, 0.717) is 0 Å². The van der Waals surface area contributed by atoms with Crippen LogP contribution in [0, 0.1) is 20.8 Å². The topological polar surface area (TPSA) is 63.8 Å². The van der Waals surface area contributed by atoms with Gasteiger partial charge in [0.2, 0.25) is 0 Å². The lowest BCUT2D eigenvalue weighted by Crippen LogP contribution is -2.20. The Morgan fingerprint density at radius 2 is 2.00 bits per heavy atom. The summed E-state index contributed by atoms with van der Waals surface area (Å²) in [5.41, 5.74) is 3.19. The maximum atomic E-state index is 5.20. The van der Waals surface area contributed by atoms with Crippen molar-refractivity contribution in [2.45, 2.75) is 53.5 Å². The van der Waals surface area contributed by atoms with Crippen molar-refractivity contribution >= 4 is 5.82 Å². The van der Waals surface area contributed by atoms with Gasteiger partial charge in [0.15, 0.2) is 0 Å². The quantitative estimate of drug-likeness (QED) is 0.908. The highest BCUT2D eigenvalue weighted by Gasteiger charge is 2.13. The van der Waals surface area contributed by atoms with E-state index in [1.54, 1.807) is 0 Å². The van der Waals surface area contributed by atoms with Crippen LogP contribution in [0.3, 0.4) is 0 Å². The minimum absolute atomic E-state index is 0.255. The molecule has 0 bridgehead atoms. The Balaban J connectivity index is 2.08. The third kappa shape index (κ3) is 3.35. The molecule has 2 rings (SSSR count). The molecule has 2 aromatic rings. The molecule has 5 nitrogen and oxygen atoms in total. The summed E-state index contributed by atoms with van der Waals surface area (Å²) < 4.78 is 5.20. The first-order valence-electron chi connectivity index (χ1n) is 7.02. The van der Waals surface area contributed by atoms with Gasteiger partial charge >= 0.3 is 0 Å². The van der Waals surface area contributed by atoms with Gasteiger partial charge in [-0.15, -0.1) is 0 Å². The third-order valence-corrected chi connectivity index (χ3v) is 3.34. The fraction of sp³-hybridized carbons (Fsp3) is 0.533. The SMILES string of the molecule is CCc1cc(NC(C)Cc2c(C)noc2C)nc(C)n1. The monoisotopic (exact) mass is 274 g/mol. The van der Waals surface area contributed by atoms with Crippen LogP contribution in [0.2, 0.25) is 0 Å². The smallest absolute Gasteiger partial charge is 0.137 e. The Morgan fingerprint density at radius 1 is 1.25 bits per heavy atom. The fourth-order valence-corrected chi connectivity index (χ4v) is 2.29. The van der Waals surface area contributed by atoms with E-state index >= 15 is 0 Å². The molecule has 0 radical (unpaired) electrons. The predicted octanol–water partition coefficient (Wildman–Crippen LogP) is 3.00. The average Bonchev–Trinajstić information content (AvgIpc) is 2.69. The lowest BCUT2D eigenvalue weighted by molar-refractivity contribution is 0.392. The van der Waals surface area contributed by atoms with E-state index < -0.39 is 0 Å². The van der Waals surface area contributed by atoms with Crippen molar-refractivity contribution in [1.29, 1.82) is 0 Å². The normalized spacial score (nSPS) is 12.4. The summed E-state index contributed by atoms with van der Waals surface area (Å²) in [7, 11) is 0. The van der Waals surface area contributed by atoms with Crippen molar-refractivity contribution in [2.75, 3.05) is 5.32 Å². The van der Waals surface area contributed by atoms with Crippen molar-refractivity contribution in [3.63, 3.8) is 0 Å². The minimum Gasteiger partial charge on any atom is -0.367 e. The van der Waals surface area contributed by atoms with Crippen LogP contribution in [0.25, 0.3) is 0 Å². The summed E-state index contributed by atoms with van der Waals surface area (Å²) in [6.07, 6.45) is 1.78. The van der Waals surface area contributed by atoms with E-state index in [4.69, 9.17) is 4.52 Å². The zero-order valence-electron chi connectivity index (χ0n) is 12.8. The molecule has 2 aromatic heterocycles. The van der Waals surface area contributed by atoms with Gasteiger partial charge in [-0.1, -0.05) is 12.1 Å². The summed E-state index contributed by atoms with van der Waals surface area (Å²) in [6.45, 7) is 10.1. The molecule has 0 spiro atoms. The summed E-state index contributed by atoms with van der Waals surface area (Å²) in [6, 6.07) is 2.27. The van der Waals surface area contributed by atoms with Gasteiger partial charge < -0.3 is 9.84 Å². The van der Waals surface area contributed by atoms with Crippen LogP contribution in [0.15, 0.2) is 10.6 Å². The highest BCUT2D eigenvalue weighted by Crippen LogP contribution is 2.16. The molecule has 1 N–H and O–H groups in total. The van der Waals surface area contributed by atoms with Gasteiger partial charge in [-0.25, -0.2) is 9.97 Å². The molecule has 0 aliphatic carbocycles. The van der Waals surface area contributed by atoms with Crippen LogP contribution in [0.5, 0.6) is 0 Å². The highest BCUT2D eigenvalue weighted by molar-refractivity contribution is 5.38. The summed E-state index contributed by atoms with van der Waals surface area (Å²) in [4.78, 5) is 8.82. The van der Waals surface area contributed by atoms with Gasteiger partial charge in [0.05, 0.1) is 5.69 Å². The van der Waals surface area contributed by atoms with Gasteiger partial charge in [0, 0.05) is 23.4 Å². The molecule has 5 heteroatoms. The number of aromatic nitrogens is 3. The third-order valence-electron chi connectivity index (χ3n) is 3.34. The Morgan fingerprint density at radius 3 is 2.60 bits per heavy atom. The van der Waals surface area contributed by atoms with Crippen LogP contribution in [0.1, 0.15) is 42.4 Å². The maximum Gasteiger partial charge on any atom is 0.137 e. The number of nitrogens with zero attached hydrogens (tertiary/aromatic N) is 3. The van der Waals surface area contributed by atoms with Gasteiger partial charge in [0.25, 0.3) is 0 Å². The van der Waals surface area contributed by atoms with E-state index in [9.17, 15) is 0 Å². The van der Waals surface area contributed by atoms with Crippen LogP contribution >= 0.6 is 0 Å². The molecule has 0 saturated carbocycles. The van der Waals surface area contributed by atoms with Crippen LogP contribution in [0.4, 0.5) is 5.82 Å². The fourth-order valence-electron chi connectivity index (χ4n) is 2.29. The number of anilines is 1. The van der Waals surface area contributed by atoms with Crippen LogP contribution in [-0.2, 0) is 12.8 Å². The Labute approximate surface area is 119 Å². The van der Waals surface area contributed by atoms with Gasteiger partial charge in [-0.05, 0) is 40.5 Å². The zero-order chi connectivity index (χ0) is 14.7. The standard InChI is InChI=1S/C15H22N4O/c1-6-13-8-15(18-12(5)17-13)16-9(2)7-14-10(3)19-20-11(14)4/h8-9H,6-7H2,1-5H3,(H,16,17,18). The number of hydrogen-bond acceptors (Lipinski definition) is 5. The van der Waals surface area contributed by atoms with Crippen molar-refractivity contribution in [3.8, 4) is 0 Å². The summed E-state index contributed by atoms with van der Waals surface area (Å²) in [5, 5.41) is 7.42. The van der Waals surface area contributed by atoms with E-state index in [1.165, 1.54) is 5.56 Å². The average molecular weight is 274 g/mol. The van der Waals surface area contributed by atoms with Gasteiger partial charge in [-0.3, -0.25) is 0 Å². The molecular weight excluding hydrogens is 252 g/mol. The molecule has 2 heterocycles. The van der Waals surface area contributed by atoms with Crippen molar-refractivity contribution in [3.05, 3.63) is 34.6 Å². The van der Waals surface area contributed by atoms with E-state index in [0.717, 1.165) is 41.6 Å². The lowest BCUT2D eigenvalue weighted by Gasteiger charge is -2.15. The largest absolute Gasteiger partial charge is 0.367 e. The molecule has 0 fully saturated rings. The summed E-state index contributed by atoms with van der Waals surface area (Å²) >= 11 is 0. The molecule has 0 saturated heterocycles. The zero-order valence-corrected chi connectivity index (χ0v) is 12.8. The van der Waals surface area contributed by atoms with Crippen LogP contribution < -0.4 is 5.32 Å². The van der Waals surface area contributed by atoms with Gasteiger partial charge in [0.1, 0.15) is 17.4 Å². The Bertz CT molecular complexity index is 572. The van der Waals surface area contributed by atoms with E-state index in [2.05, 4.69) is 34.3 Å². The Kier molecular flexibility index (Phi) is 4.37. The second-order valence-corrected chi connectivity index (χ2v) is 5.20. The number of hydrogen-bond donors (Lipinski definition) is 1. The maximum absolute atomic E-state index is 5.20. The molecular formula is C15H22N4O. The van der Waals surface area contributed by atoms with E-state index in [1.807, 2.05) is 26.8 Å². The lowest BCUT2D eigenvalue weighted by atomic mass is 10.1. The second kappa shape index (κ2) is 6.03. The molecule has 0 aliphatic heterocycles.